The molecule has 1 fully saturated rings. The van der Waals surface area contributed by atoms with Crippen molar-refractivity contribution in [3.8, 4) is 23.0 Å². The van der Waals surface area contributed by atoms with Gasteiger partial charge in [0.15, 0.2) is 0 Å². The average molecular weight is 467 g/mol. The minimum absolute atomic E-state index is 0.609. The molecule has 3 heteroatoms. The van der Waals surface area contributed by atoms with Crippen molar-refractivity contribution in [3.05, 3.63) is 94.8 Å². The van der Waals surface area contributed by atoms with Gasteiger partial charge in [0.2, 0.25) is 0 Å². The fraction of sp³-hybridized carbons (Fsp3) is 0.323. The molecule has 2 aliphatic rings. The quantitative estimate of drug-likeness (QED) is 0.372. The zero-order valence-corrected chi connectivity index (χ0v) is 20.6. The molecule has 5 rings (SSSR count). The van der Waals surface area contributed by atoms with Crippen LogP contribution >= 0.6 is 11.6 Å². The molecule has 0 amide bonds. The molecule has 1 atom stereocenters. The van der Waals surface area contributed by atoms with Crippen LogP contribution in [0.25, 0.3) is 16.7 Å². The molecular formula is C31H31ClN2. The molecule has 3 aromatic rings. The summed E-state index contributed by atoms with van der Waals surface area (Å²) in [5.74, 6) is 7.35. The minimum atomic E-state index is 0.609. The summed E-state index contributed by atoms with van der Waals surface area (Å²) < 4.78 is 0. The van der Waals surface area contributed by atoms with Gasteiger partial charge in [0, 0.05) is 28.4 Å². The first-order chi connectivity index (χ1) is 16.6. The third kappa shape index (κ3) is 5.61. The van der Waals surface area contributed by atoms with E-state index in [0.29, 0.717) is 6.04 Å². The van der Waals surface area contributed by atoms with Crippen molar-refractivity contribution in [2.45, 2.75) is 45.1 Å². The largest absolute Gasteiger partial charge is 0.297 e. The number of hydrogen-bond donors (Lipinski definition) is 0. The highest BCUT2D eigenvalue weighted by atomic mass is 35.5. The van der Waals surface area contributed by atoms with Crippen molar-refractivity contribution in [3.63, 3.8) is 0 Å². The van der Waals surface area contributed by atoms with E-state index < -0.39 is 0 Å². The van der Waals surface area contributed by atoms with E-state index in [4.69, 9.17) is 11.6 Å². The number of rotatable bonds is 3. The Labute approximate surface area is 208 Å². The zero-order valence-electron chi connectivity index (χ0n) is 19.8. The number of hydrogen-bond acceptors (Lipinski definition) is 2. The molecule has 2 heterocycles. The molecular weight excluding hydrogens is 436 g/mol. The SMILES string of the molecule is CC1CCN(C2C=C(c3ccc(C#Cc4ccc(-c5ccc(Cl)cc5)cn4)cc3)CCC2)CC1. The molecule has 172 valence electrons. The third-order valence-electron chi connectivity index (χ3n) is 7.16. The lowest BCUT2D eigenvalue weighted by Gasteiger charge is -2.37. The van der Waals surface area contributed by atoms with Gasteiger partial charge >= 0.3 is 0 Å². The van der Waals surface area contributed by atoms with E-state index in [1.54, 1.807) is 0 Å². The van der Waals surface area contributed by atoms with Crippen molar-refractivity contribution in [2.24, 2.45) is 5.92 Å². The monoisotopic (exact) mass is 466 g/mol. The highest BCUT2D eigenvalue weighted by molar-refractivity contribution is 6.30. The maximum absolute atomic E-state index is 5.98. The van der Waals surface area contributed by atoms with E-state index in [1.165, 1.54) is 56.3 Å². The number of allylic oxidation sites excluding steroid dienone is 1. The number of pyridine rings is 1. The van der Waals surface area contributed by atoms with Crippen LogP contribution in [0.3, 0.4) is 0 Å². The second kappa shape index (κ2) is 10.6. The predicted octanol–water partition coefficient (Wildman–Crippen LogP) is 7.47. The van der Waals surface area contributed by atoms with Crippen molar-refractivity contribution < 1.29 is 0 Å². The fourth-order valence-corrected chi connectivity index (χ4v) is 5.10. The van der Waals surface area contributed by atoms with Crippen LogP contribution in [0.5, 0.6) is 0 Å². The maximum atomic E-state index is 5.98. The third-order valence-corrected chi connectivity index (χ3v) is 7.41. The Balaban J connectivity index is 1.25. The summed E-state index contributed by atoms with van der Waals surface area (Å²) >= 11 is 5.98. The van der Waals surface area contributed by atoms with Crippen molar-refractivity contribution >= 4 is 17.2 Å². The van der Waals surface area contributed by atoms with Crippen molar-refractivity contribution in [1.29, 1.82) is 0 Å². The Morgan fingerprint density at radius 1 is 0.824 bits per heavy atom. The number of nitrogens with zero attached hydrogens (tertiary/aromatic N) is 2. The predicted molar refractivity (Wildman–Crippen MR) is 143 cm³/mol. The fourth-order valence-electron chi connectivity index (χ4n) is 4.97. The molecule has 1 aliphatic carbocycles. The second-order valence-corrected chi connectivity index (χ2v) is 10.1. The molecule has 1 unspecified atom stereocenters. The van der Waals surface area contributed by atoms with Crippen LogP contribution in [0.15, 0.2) is 72.9 Å². The summed E-state index contributed by atoms with van der Waals surface area (Å²) in [6.45, 7) is 4.88. The van der Waals surface area contributed by atoms with Gasteiger partial charge in [0.1, 0.15) is 5.69 Å². The first kappa shape index (κ1) is 22.9. The Morgan fingerprint density at radius 3 is 2.24 bits per heavy atom. The maximum Gasteiger partial charge on any atom is 0.113 e. The average Bonchev–Trinajstić information content (AvgIpc) is 2.89. The number of aromatic nitrogens is 1. The molecule has 0 N–H and O–H groups in total. The van der Waals surface area contributed by atoms with Crippen LogP contribution in [0.1, 0.15) is 55.8 Å². The lowest BCUT2D eigenvalue weighted by molar-refractivity contribution is 0.152. The van der Waals surface area contributed by atoms with Gasteiger partial charge in [0.25, 0.3) is 0 Å². The molecule has 0 radical (unpaired) electrons. The van der Waals surface area contributed by atoms with E-state index >= 15 is 0 Å². The molecule has 0 saturated carbocycles. The first-order valence-electron chi connectivity index (χ1n) is 12.4. The number of piperidine rings is 1. The summed E-state index contributed by atoms with van der Waals surface area (Å²) in [7, 11) is 0. The Kier molecular flexibility index (Phi) is 7.14. The summed E-state index contributed by atoms with van der Waals surface area (Å²) in [6, 6.07) is 21.2. The van der Waals surface area contributed by atoms with Crippen LogP contribution in [0.2, 0.25) is 5.02 Å². The van der Waals surface area contributed by atoms with E-state index in [0.717, 1.165) is 33.3 Å². The Hall–Kier alpha value is -2.86. The molecule has 0 spiro atoms. The van der Waals surface area contributed by atoms with Crippen LogP contribution < -0.4 is 0 Å². The van der Waals surface area contributed by atoms with Gasteiger partial charge in [-0.2, -0.15) is 0 Å². The van der Waals surface area contributed by atoms with Gasteiger partial charge in [-0.15, -0.1) is 0 Å². The molecule has 2 nitrogen and oxygen atoms in total. The van der Waals surface area contributed by atoms with Crippen LogP contribution in [0, 0.1) is 17.8 Å². The van der Waals surface area contributed by atoms with Gasteiger partial charge in [-0.1, -0.05) is 60.9 Å². The standard InChI is InChI=1S/C31H31ClN2/c1-23-17-19-34(20-18-23)31-4-2-3-27(21-31)25-8-5-24(6-9-25)7-15-30-16-12-28(22-33-30)26-10-13-29(32)14-11-26/h5-6,8-14,16,21-23,31H,2-4,17-20H2,1H3. The van der Waals surface area contributed by atoms with Gasteiger partial charge in [-0.3, -0.25) is 4.90 Å². The van der Waals surface area contributed by atoms with Gasteiger partial charge < -0.3 is 0 Å². The van der Waals surface area contributed by atoms with Crippen molar-refractivity contribution in [2.75, 3.05) is 13.1 Å². The lowest BCUT2D eigenvalue weighted by atomic mass is 9.88. The number of benzene rings is 2. The zero-order chi connectivity index (χ0) is 23.3. The van der Waals surface area contributed by atoms with E-state index in [2.05, 4.69) is 65.1 Å². The Bertz CT molecular complexity index is 1190. The van der Waals surface area contributed by atoms with E-state index in [1.807, 2.05) is 36.5 Å². The van der Waals surface area contributed by atoms with Crippen molar-refractivity contribution in [1.82, 2.24) is 9.88 Å². The molecule has 2 aromatic carbocycles. The summed E-state index contributed by atoms with van der Waals surface area (Å²) in [5, 5.41) is 0.737. The van der Waals surface area contributed by atoms with Gasteiger partial charge in [-0.05, 0) is 104 Å². The van der Waals surface area contributed by atoms with Crippen LogP contribution in [-0.4, -0.2) is 29.0 Å². The second-order valence-electron chi connectivity index (χ2n) is 9.64. The van der Waals surface area contributed by atoms with Gasteiger partial charge in [-0.25, -0.2) is 4.98 Å². The molecule has 1 aromatic heterocycles. The summed E-state index contributed by atoms with van der Waals surface area (Å²) in [6.07, 6.45) is 10.8. The van der Waals surface area contributed by atoms with Crippen LogP contribution in [-0.2, 0) is 0 Å². The van der Waals surface area contributed by atoms with Crippen LogP contribution in [0.4, 0.5) is 0 Å². The first-order valence-corrected chi connectivity index (χ1v) is 12.8. The topological polar surface area (TPSA) is 16.1 Å². The van der Waals surface area contributed by atoms with E-state index in [9.17, 15) is 0 Å². The molecule has 1 aliphatic heterocycles. The van der Waals surface area contributed by atoms with E-state index in [-0.39, 0.29) is 0 Å². The number of likely N-dealkylation sites (tertiary alicyclic amines) is 1. The normalized spacial score (nSPS) is 19.2. The summed E-state index contributed by atoms with van der Waals surface area (Å²) in [5.41, 5.74) is 6.78. The highest BCUT2D eigenvalue weighted by Gasteiger charge is 2.24. The number of halogens is 1. The minimum Gasteiger partial charge on any atom is -0.297 e. The lowest BCUT2D eigenvalue weighted by Crippen LogP contribution is -2.40. The van der Waals surface area contributed by atoms with Gasteiger partial charge in [0.05, 0.1) is 0 Å². The molecule has 1 saturated heterocycles. The highest BCUT2D eigenvalue weighted by Crippen LogP contribution is 2.31. The smallest absolute Gasteiger partial charge is 0.113 e. The summed E-state index contributed by atoms with van der Waals surface area (Å²) in [4.78, 5) is 7.22. The Morgan fingerprint density at radius 2 is 1.53 bits per heavy atom. The molecule has 0 bridgehead atoms. The molecule has 34 heavy (non-hydrogen) atoms.